The Hall–Kier alpha value is -0.830. The van der Waals surface area contributed by atoms with Gasteiger partial charge in [0.1, 0.15) is 0 Å². The highest BCUT2D eigenvalue weighted by molar-refractivity contribution is 5.75. The molecule has 0 aliphatic carbocycles. The normalized spacial score (nSPS) is 8.33. The number of nitrogens with one attached hydrogen (secondary N) is 1. The molecule has 1 amide bonds. The predicted octanol–water partition coefficient (Wildman–Crippen LogP) is 3.78. The predicted molar refractivity (Wildman–Crippen MR) is 82.7 cm³/mol. The highest BCUT2D eigenvalue weighted by atomic mass is 16.2. The second kappa shape index (κ2) is 29.8. The van der Waals surface area contributed by atoms with E-state index in [1.54, 1.807) is 7.05 Å². The van der Waals surface area contributed by atoms with E-state index in [9.17, 15) is 4.79 Å². The molecule has 0 aromatic heterocycles. The van der Waals surface area contributed by atoms with Crippen LogP contribution in [0.4, 0.5) is 0 Å². The van der Waals surface area contributed by atoms with Gasteiger partial charge in [0.05, 0.1) is 0 Å². The second-order valence-electron chi connectivity index (χ2n) is 3.63. The van der Waals surface area contributed by atoms with E-state index in [2.05, 4.69) is 19.2 Å². The number of hydrogen-bond acceptors (Lipinski definition) is 2. The molecule has 112 valence electrons. The van der Waals surface area contributed by atoms with Gasteiger partial charge in [0.2, 0.25) is 5.91 Å². The van der Waals surface area contributed by atoms with Crippen molar-refractivity contribution in [2.75, 3.05) is 14.2 Å². The number of amides is 1. The SMILES string of the molecule is C/C=C\C.CC.CNC(=O)CCCC(C)C.CO. The molecule has 0 saturated heterocycles. The molecule has 0 aliphatic heterocycles. The number of aliphatic hydroxyl groups excluding tert-OH is 1. The highest BCUT2D eigenvalue weighted by Gasteiger charge is 1.98. The molecule has 0 heterocycles. The Labute approximate surface area is 115 Å². The highest BCUT2D eigenvalue weighted by Crippen LogP contribution is 2.05. The maximum absolute atomic E-state index is 10.7. The van der Waals surface area contributed by atoms with E-state index in [-0.39, 0.29) is 5.91 Å². The molecule has 3 heteroatoms. The Kier molecular flexibility index (Phi) is 42.9. The van der Waals surface area contributed by atoms with Crippen molar-refractivity contribution in [3.8, 4) is 0 Å². The fourth-order valence-corrected chi connectivity index (χ4v) is 0.796. The Morgan fingerprint density at radius 3 is 1.78 bits per heavy atom. The zero-order valence-corrected chi connectivity index (χ0v) is 13.7. The summed E-state index contributed by atoms with van der Waals surface area (Å²) in [4.78, 5) is 10.7. The molecule has 18 heavy (non-hydrogen) atoms. The van der Waals surface area contributed by atoms with Gasteiger partial charge in [-0.25, -0.2) is 0 Å². The smallest absolute Gasteiger partial charge is 0.219 e. The van der Waals surface area contributed by atoms with E-state index < -0.39 is 0 Å². The topological polar surface area (TPSA) is 49.3 Å². The quantitative estimate of drug-likeness (QED) is 0.757. The van der Waals surface area contributed by atoms with Crippen LogP contribution in [0.5, 0.6) is 0 Å². The van der Waals surface area contributed by atoms with Gasteiger partial charge in [-0.2, -0.15) is 0 Å². The second-order valence-corrected chi connectivity index (χ2v) is 3.63. The van der Waals surface area contributed by atoms with Crippen LogP contribution in [0.15, 0.2) is 12.2 Å². The minimum Gasteiger partial charge on any atom is -0.400 e. The van der Waals surface area contributed by atoms with Crippen molar-refractivity contribution in [3.05, 3.63) is 12.2 Å². The first kappa shape index (κ1) is 25.9. The van der Waals surface area contributed by atoms with E-state index >= 15 is 0 Å². The van der Waals surface area contributed by atoms with Gasteiger partial charge >= 0.3 is 0 Å². The van der Waals surface area contributed by atoms with E-state index in [0.29, 0.717) is 12.3 Å². The summed E-state index contributed by atoms with van der Waals surface area (Å²) in [5.41, 5.74) is 0. The van der Waals surface area contributed by atoms with Crippen molar-refractivity contribution < 1.29 is 9.90 Å². The van der Waals surface area contributed by atoms with Crippen molar-refractivity contribution in [1.29, 1.82) is 0 Å². The van der Waals surface area contributed by atoms with Crippen LogP contribution in [-0.4, -0.2) is 25.2 Å². The number of carbonyl (C=O) groups is 1. The first-order chi connectivity index (χ1) is 8.58. The molecule has 0 fully saturated rings. The molecule has 2 N–H and O–H groups in total. The third kappa shape index (κ3) is 45.6. The molecule has 0 aromatic rings. The van der Waals surface area contributed by atoms with Gasteiger partial charge in [0.15, 0.2) is 0 Å². The van der Waals surface area contributed by atoms with E-state index in [1.807, 2.05) is 39.8 Å². The molecule has 3 nitrogen and oxygen atoms in total. The number of aliphatic hydroxyl groups is 1. The lowest BCUT2D eigenvalue weighted by Gasteiger charge is -2.02. The van der Waals surface area contributed by atoms with E-state index in [1.165, 1.54) is 0 Å². The summed E-state index contributed by atoms with van der Waals surface area (Å²) in [5.74, 6) is 0.866. The lowest BCUT2D eigenvalue weighted by Crippen LogP contribution is -2.17. The fourth-order valence-electron chi connectivity index (χ4n) is 0.796. The first-order valence-electron chi connectivity index (χ1n) is 6.81. The number of hydrogen-bond donors (Lipinski definition) is 2. The third-order valence-electron chi connectivity index (χ3n) is 1.80. The molecule has 0 atom stereocenters. The van der Waals surface area contributed by atoms with Gasteiger partial charge in [-0.15, -0.1) is 0 Å². The molecule has 0 radical (unpaired) electrons. The lowest BCUT2D eigenvalue weighted by atomic mass is 10.1. The van der Waals surface area contributed by atoms with Crippen molar-refractivity contribution in [1.82, 2.24) is 5.32 Å². The van der Waals surface area contributed by atoms with Gasteiger partial charge in [0, 0.05) is 20.6 Å². The minimum atomic E-state index is 0.153. The van der Waals surface area contributed by atoms with Gasteiger partial charge in [-0.1, -0.05) is 46.3 Å². The molecular weight excluding hydrogens is 226 g/mol. The number of carbonyl (C=O) groups excluding carboxylic acids is 1. The fraction of sp³-hybridized carbons (Fsp3) is 0.800. The molecular formula is C15H35NO2. The molecule has 0 saturated carbocycles. The summed E-state index contributed by atoms with van der Waals surface area (Å²) in [5, 5.41) is 9.60. The first-order valence-corrected chi connectivity index (χ1v) is 6.81. The van der Waals surface area contributed by atoms with Crippen molar-refractivity contribution in [2.45, 2.75) is 60.8 Å². The lowest BCUT2D eigenvalue weighted by molar-refractivity contribution is -0.120. The minimum absolute atomic E-state index is 0.153. The molecule has 0 unspecified atom stereocenters. The van der Waals surface area contributed by atoms with Crippen LogP contribution in [-0.2, 0) is 4.79 Å². The van der Waals surface area contributed by atoms with E-state index in [4.69, 9.17) is 5.11 Å². The van der Waals surface area contributed by atoms with Gasteiger partial charge in [-0.05, 0) is 26.2 Å². The summed E-state index contributed by atoms with van der Waals surface area (Å²) in [7, 11) is 2.68. The standard InChI is InChI=1S/C8H17NO.C4H8.C2H6.CH4O/c1-7(2)5-4-6-8(10)9-3;1-3-4-2;2*1-2/h7H,4-6H2,1-3H3,(H,9,10);3-4H,1-2H3;1-2H3;2H,1H3/b;4-3-;;. The average Bonchev–Trinajstić information content (AvgIpc) is 2.43. The van der Waals surface area contributed by atoms with E-state index in [0.717, 1.165) is 20.0 Å². The third-order valence-corrected chi connectivity index (χ3v) is 1.80. The summed E-state index contributed by atoms with van der Waals surface area (Å²) in [6.07, 6.45) is 6.83. The van der Waals surface area contributed by atoms with Crippen LogP contribution < -0.4 is 5.32 Å². The maximum Gasteiger partial charge on any atom is 0.219 e. The largest absolute Gasteiger partial charge is 0.400 e. The molecule has 0 aromatic carbocycles. The van der Waals surface area contributed by atoms with Crippen LogP contribution in [0.2, 0.25) is 0 Å². The summed E-state index contributed by atoms with van der Waals surface area (Å²) < 4.78 is 0. The Balaban J connectivity index is -0.000000102. The van der Waals surface area contributed by atoms with Gasteiger partial charge < -0.3 is 10.4 Å². The zero-order valence-electron chi connectivity index (χ0n) is 13.7. The molecule has 0 rings (SSSR count). The number of rotatable bonds is 4. The summed E-state index contributed by atoms with van der Waals surface area (Å²) in [6.45, 7) is 12.3. The van der Waals surface area contributed by atoms with Crippen molar-refractivity contribution >= 4 is 5.91 Å². The molecule has 0 aliphatic rings. The monoisotopic (exact) mass is 261 g/mol. The van der Waals surface area contributed by atoms with Crippen LogP contribution in [0.25, 0.3) is 0 Å². The Bertz CT molecular complexity index is 151. The summed E-state index contributed by atoms with van der Waals surface area (Å²) >= 11 is 0. The van der Waals surface area contributed by atoms with Gasteiger partial charge in [-0.3, -0.25) is 4.79 Å². The van der Waals surface area contributed by atoms with Crippen LogP contribution in [0.1, 0.15) is 60.8 Å². The van der Waals surface area contributed by atoms with Gasteiger partial charge in [0.25, 0.3) is 0 Å². The van der Waals surface area contributed by atoms with Crippen LogP contribution >= 0.6 is 0 Å². The zero-order chi connectivity index (χ0) is 15.4. The Morgan fingerprint density at radius 2 is 1.56 bits per heavy atom. The average molecular weight is 261 g/mol. The van der Waals surface area contributed by atoms with Crippen LogP contribution in [0, 0.1) is 5.92 Å². The number of allylic oxidation sites excluding steroid dienone is 2. The molecule has 0 bridgehead atoms. The van der Waals surface area contributed by atoms with Crippen molar-refractivity contribution in [2.24, 2.45) is 5.92 Å². The summed E-state index contributed by atoms with van der Waals surface area (Å²) in [6, 6.07) is 0. The van der Waals surface area contributed by atoms with Crippen LogP contribution in [0.3, 0.4) is 0 Å². The Morgan fingerprint density at radius 1 is 1.17 bits per heavy atom. The molecule has 0 spiro atoms. The maximum atomic E-state index is 10.7. The van der Waals surface area contributed by atoms with Crippen molar-refractivity contribution in [3.63, 3.8) is 0 Å².